The Morgan fingerprint density at radius 3 is 1.76 bits per heavy atom. The van der Waals surface area contributed by atoms with Gasteiger partial charge in [-0.1, -0.05) is 36.4 Å². The fourth-order valence-corrected chi connectivity index (χ4v) is 8.84. The number of benzene rings is 2. The number of nitrogens with zero attached hydrogens (tertiary/aromatic N) is 2. The fourth-order valence-electron chi connectivity index (χ4n) is 7.43. The standard InChI is InChI=1S/C43H65N5O10S/c1-8-56-39(51)35(46-59(54,55)36-15-11-13-32-12-9-10-14-34(32)36)28-44-37(49)29-45-38(50)33(18-16-30-20-24-47(25-21-30)40(52)57-42(2,3)4)19-17-31-22-26-48(27-23-31)41(53)58-43(5,6)7/h9-15,30-31,33,35,46H,8,16-29H2,1-7H3,(H,44,49)(H,45,50)/t35-/m0/s1. The van der Waals surface area contributed by atoms with E-state index in [9.17, 15) is 32.4 Å². The highest BCUT2D eigenvalue weighted by Gasteiger charge is 2.32. The molecule has 0 spiro atoms. The number of carbonyl (C=O) groups is 5. The van der Waals surface area contributed by atoms with E-state index in [2.05, 4.69) is 15.4 Å². The Bertz CT molecular complexity index is 1800. The third-order valence-electron chi connectivity index (χ3n) is 10.6. The van der Waals surface area contributed by atoms with Crippen LogP contribution in [-0.4, -0.2) is 111 Å². The quantitative estimate of drug-likeness (QED) is 0.139. The van der Waals surface area contributed by atoms with Gasteiger partial charge in [0.15, 0.2) is 0 Å². The second-order valence-corrected chi connectivity index (χ2v) is 19.3. The summed E-state index contributed by atoms with van der Waals surface area (Å²) in [4.78, 5) is 68.3. The molecule has 2 heterocycles. The van der Waals surface area contributed by atoms with E-state index in [0.29, 0.717) is 61.6 Å². The molecule has 59 heavy (non-hydrogen) atoms. The average molecular weight is 844 g/mol. The molecule has 0 unspecified atom stereocenters. The second-order valence-electron chi connectivity index (χ2n) is 17.6. The summed E-state index contributed by atoms with van der Waals surface area (Å²) in [6.07, 6.45) is 5.31. The molecular formula is C43H65N5O10S. The first-order chi connectivity index (χ1) is 27.7. The van der Waals surface area contributed by atoms with Crippen LogP contribution in [0.2, 0.25) is 0 Å². The summed E-state index contributed by atoms with van der Waals surface area (Å²) in [5, 5.41) is 6.54. The Morgan fingerprint density at radius 1 is 0.746 bits per heavy atom. The topological polar surface area (TPSA) is 190 Å². The summed E-state index contributed by atoms with van der Waals surface area (Å²) in [6, 6.07) is 10.4. The van der Waals surface area contributed by atoms with E-state index in [4.69, 9.17) is 14.2 Å². The molecule has 0 aromatic heterocycles. The van der Waals surface area contributed by atoms with E-state index in [1.165, 1.54) is 6.07 Å². The van der Waals surface area contributed by atoms with Crippen molar-refractivity contribution in [3.8, 4) is 0 Å². The Hall–Kier alpha value is -4.44. The molecule has 0 radical (unpaired) electrons. The SMILES string of the molecule is CCOC(=O)[C@H](CNC(=O)CNC(=O)C(CCC1CCN(C(=O)OC(C)(C)C)CC1)CCC1CCN(C(=O)OC(C)(C)C)CC1)NS(=O)(=O)c1cccc2ccccc12. The van der Waals surface area contributed by atoms with Crippen molar-refractivity contribution in [1.29, 1.82) is 0 Å². The number of piperidine rings is 2. The van der Waals surface area contributed by atoms with Crippen LogP contribution in [0.5, 0.6) is 0 Å². The van der Waals surface area contributed by atoms with Gasteiger partial charge in [-0.3, -0.25) is 14.4 Å². The molecule has 328 valence electrons. The zero-order chi connectivity index (χ0) is 43.4. The molecule has 16 heteroatoms. The summed E-state index contributed by atoms with van der Waals surface area (Å²) < 4.78 is 45.6. The van der Waals surface area contributed by atoms with Crippen molar-refractivity contribution in [2.75, 3.05) is 45.9 Å². The first kappa shape index (κ1) is 47.2. The number of amides is 4. The van der Waals surface area contributed by atoms with Crippen molar-refractivity contribution < 1.29 is 46.6 Å². The van der Waals surface area contributed by atoms with E-state index in [1.807, 2.05) is 41.5 Å². The highest BCUT2D eigenvalue weighted by molar-refractivity contribution is 7.89. The van der Waals surface area contributed by atoms with Crippen LogP contribution in [-0.2, 0) is 38.6 Å². The maximum atomic E-state index is 13.7. The highest BCUT2D eigenvalue weighted by atomic mass is 32.2. The van der Waals surface area contributed by atoms with Crippen molar-refractivity contribution in [2.24, 2.45) is 17.8 Å². The number of fused-ring (bicyclic) bond motifs is 1. The second kappa shape index (κ2) is 21.2. The molecule has 0 aliphatic carbocycles. The van der Waals surface area contributed by atoms with Crippen LogP contribution in [0.3, 0.4) is 0 Å². The number of nitrogens with one attached hydrogen (secondary N) is 3. The lowest BCUT2D eigenvalue weighted by Crippen LogP contribution is -2.50. The van der Waals surface area contributed by atoms with Crippen LogP contribution in [0.25, 0.3) is 10.8 Å². The Morgan fingerprint density at radius 2 is 1.25 bits per heavy atom. The molecular weight excluding hydrogens is 779 g/mol. The molecule has 15 nitrogen and oxygen atoms in total. The molecule has 4 rings (SSSR count). The third-order valence-corrected chi connectivity index (χ3v) is 12.1. The van der Waals surface area contributed by atoms with Crippen LogP contribution in [0, 0.1) is 17.8 Å². The molecule has 2 aliphatic heterocycles. The highest BCUT2D eigenvalue weighted by Crippen LogP contribution is 2.30. The van der Waals surface area contributed by atoms with Crippen molar-refractivity contribution in [1.82, 2.24) is 25.2 Å². The number of ether oxygens (including phenoxy) is 3. The molecule has 2 aromatic carbocycles. The van der Waals surface area contributed by atoms with Gasteiger partial charge in [0, 0.05) is 44.0 Å². The number of rotatable bonds is 16. The average Bonchev–Trinajstić information content (AvgIpc) is 3.17. The van der Waals surface area contributed by atoms with Crippen LogP contribution >= 0.6 is 0 Å². The molecule has 2 aromatic rings. The Labute approximate surface area is 349 Å². The molecule has 0 bridgehead atoms. The zero-order valence-electron chi connectivity index (χ0n) is 35.8. The number of hydrogen-bond donors (Lipinski definition) is 3. The van der Waals surface area contributed by atoms with Gasteiger partial charge >= 0.3 is 18.2 Å². The van der Waals surface area contributed by atoms with Crippen molar-refractivity contribution >= 4 is 50.8 Å². The molecule has 1 atom stereocenters. The van der Waals surface area contributed by atoms with Crippen LogP contribution in [0.4, 0.5) is 9.59 Å². The van der Waals surface area contributed by atoms with Crippen molar-refractivity contribution in [3.05, 3.63) is 42.5 Å². The smallest absolute Gasteiger partial charge is 0.410 e. The summed E-state index contributed by atoms with van der Waals surface area (Å²) >= 11 is 0. The lowest BCUT2D eigenvalue weighted by Gasteiger charge is -2.34. The molecule has 3 N–H and O–H groups in total. The number of hydrogen-bond acceptors (Lipinski definition) is 10. The van der Waals surface area contributed by atoms with E-state index < -0.39 is 45.7 Å². The Kier molecular flexibility index (Phi) is 17.0. The van der Waals surface area contributed by atoms with Crippen LogP contribution < -0.4 is 15.4 Å². The summed E-state index contributed by atoms with van der Waals surface area (Å²) in [6.45, 7) is 14.2. The van der Waals surface area contributed by atoms with Crippen molar-refractivity contribution in [2.45, 2.75) is 122 Å². The van der Waals surface area contributed by atoms with Gasteiger partial charge in [-0.25, -0.2) is 18.0 Å². The lowest BCUT2D eigenvalue weighted by atomic mass is 9.84. The van der Waals surface area contributed by atoms with Crippen LogP contribution in [0.15, 0.2) is 47.4 Å². The first-order valence-electron chi connectivity index (χ1n) is 20.9. The first-order valence-corrected chi connectivity index (χ1v) is 22.4. The van der Waals surface area contributed by atoms with Gasteiger partial charge in [-0.2, -0.15) is 4.72 Å². The Balaban J connectivity index is 1.34. The zero-order valence-corrected chi connectivity index (χ0v) is 36.7. The summed E-state index contributed by atoms with van der Waals surface area (Å²) in [5.41, 5.74) is -1.15. The molecule has 0 saturated carbocycles. The lowest BCUT2D eigenvalue weighted by molar-refractivity contribution is -0.145. The predicted octanol–water partition coefficient (Wildman–Crippen LogP) is 5.75. The van der Waals surface area contributed by atoms with E-state index >= 15 is 0 Å². The molecule has 2 saturated heterocycles. The number of sulfonamides is 1. The van der Waals surface area contributed by atoms with Gasteiger partial charge < -0.3 is 34.6 Å². The van der Waals surface area contributed by atoms with Gasteiger partial charge in [0.1, 0.15) is 17.2 Å². The van der Waals surface area contributed by atoms with Gasteiger partial charge in [0.25, 0.3) is 0 Å². The summed E-state index contributed by atoms with van der Waals surface area (Å²) in [5.74, 6) is -1.45. The minimum absolute atomic E-state index is 0.00241. The van der Waals surface area contributed by atoms with Gasteiger partial charge in [-0.05, 0) is 123 Å². The van der Waals surface area contributed by atoms with Crippen LogP contribution in [0.1, 0.15) is 99.8 Å². The molecule has 4 amide bonds. The normalized spacial score (nSPS) is 16.4. The maximum Gasteiger partial charge on any atom is 0.410 e. The summed E-state index contributed by atoms with van der Waals surface area (Å²) in [7, 11) is -4.22. The van der Waals surface area contributed by atoms with Gasteiger partial charge in [-0.15, -0.1) is 0 Å². The molecule has 2 aliphatic rings. The van der Waals surface area contributed by atoms with Gasteiger partial charge in [0.05, 0.1) is 18.0 Å². The fraction of sp³-hybridized carbons (Fsp3) is 0.651. The number of carbonyl (C=O) groups excluding carboxylic acids is 5. The van der Waals surface area contributed by atoms with E-state index in [-0.39, 0.29) is 42.1 Å². The minimum atomic E-state index is -4.22. The minimum Gasteiger partial charge on any atom is -0.465 e. The van der Waals surface area contributed by atoms with Crippen molar-refractivity contribution in [3.63, 3.8) is 0 Å². The predicted molar refractivity (Wildman–Crippen MR) is 224 cm³/mol. The monoisotopic (exact) mass is 843 g/mol. The third kappa shape index (κ3) is 15.3. The number of esters is 1. The number of likely N-dealkylation sites (tertiary alicyclic amines) is 2. The largest absolute Gasteiger partial charge is 0.465 e. The van der Waals surface area contributed by atoms with E-state index in [0.717, 1.165) is 38.5 Å². The van der Waals surface area contributed by atoms with Gasteiger partial charge in [0.2, 0.25) is 21.8 Å². The maximum absolute atomic E-state index is 13.7. The van der Waals surface area contributed by atoms with E-state index in [1.54, 1.807) is 53.1 Å². The molecule has 2 fully saturated rings.